The van der Waals surface area contributed by atoms with Crippen molar-refractivity contribution >= 4 is 6.01 Å². The van der Waals surface area contributed by atoms with Gasteiger partial charge in [0.05, 0.1) is 6.54 Å². The smallest absolute Gasteiger partial charge is 0.315 e. The van der Waals surface area contributed by atoms with E-state index in [2.05, 4.69) is 52.0 Å². The molecule has 5 nitrogen and oxygen atoms in total. The van der Waals surface area contributed by atoms with Gasteiger partial charge in [0.1, 0.15) is 0 Å². The van der Waals surface area contributed by atoms with Crippen LogP contribution < -0.4 is 10.6 Å². The van der Waals surface area contributed by atoms with Crippen molar-refractivity contribution in [2.75, 3.05) is 18.4 Å². The van der Waals surface area contributed by atoms with Gasteiger partial charge in [-0.05, 0) is 31.4 Å². The first-order chi connectivity index (χ1) is 9.88. The topological polar surface area (TPSA) is 63.0 Å². The predicted molar refractivity (Wildman–Crippen MR) is 79.5 cm³/mol. The Morgan fingerprint density at radius 3 is 2.75 bits per heavy atom. The number of anilines is 1. The van der Waals surface area contributed by atoms with Gasteiger partial charge in [-0.15, -0.1) is 5.10 Å². The van der Waals surface area contributed by atoms with Crippen molar-refractivity contribution in [3.05, 3.63) is 41.8 Å². The minimum Gasteiger partial charge on any atom is -0.407 e. The van der Waals surface area contributed by atoms with Crippen molar-refractivity contribution in [3.8, 4) is 0 Å². The van der Waals surface area contributed by atoms with Crippen LogP contribution in [0.4, 0.5) is 6.01 Å². The van der Waals surface area contributed by atoms with Crippen LogP contribution in [-0.4, -0.2) is 23.3 Å². The summed E-state index contributed by atoms with van der Waals surface area (Å²) in [7, 11) is 0. The SMILES string of the molecule is CCCNCc1nnc(NCCCc2ccccc2)o1. The summed E-state index contributed by atoms with van der Waals surface area (Å²) < 4.78 is 5.49. The van der Waals surface area contributed by atoms with E-state index in [1.807, 2.05) is 6.07 Å². The van der Waals surface area contributed by atoms with E-state index in [4.69, 9.17) is 4.42 Å². The lowest BCUT2D eigenvalue weighted by molar-refractivity contribution is 0.476. The lowest BCUT2D eigenvalue weighted by atomic mass is 10.1. The van der Waals surface area contributed by atoms with E-state index < -0.39 is 0 Å². The van der Waals surface area contributed by atoms with Gasteiger partial charge in [-0.25, -0.2) is 0 Å². The maximum Gasteiger partial charge on any atom is 0.315 e. The summed E-state index contributed by atoms with van der Waals surface area (Å²) >= 11 is 0. The minimum atomic E-state index is 0.506. The Balaban J connectivity index is 1.64. The van der Waals surface area contributed by atoms with Crippen LogP contribution in [0, 0.1) is 0 Å². The van der Waals surface area contributed by atoms with Gasteiger partial charge < -0.3 is 15.1 Å². The summed E-state index contributed by atoms with van der Waals surface area (Å²) in [4.78, 5) is 0. The molecule has 1 aromatic carbocycles. The Bertz CT molecular complexity index is 484. The lowest BCUT2D eigenvalue weighted by Crippen LogP contribution is -2.13. The average molecular weight is 274 g/mol. The molecule has 2 rings (SSSR count). The molecular weight excluding hydrogens is 252 g/mol. The van der Waals surface area contributed by atoms with E-state index >= 15 is 0 Å². The fourth-order valence-electron chi connectivity index (χ4n) is 1.90. The Labute approximate surface area is 119 Å². The molecular formula is C15H22N4O. The van der Waals surface area contributed by atoms with Crippen LogP contribution in [0.5, 0.6) is 0 Å². The second-order valence-corrected chi connectivity index (χ2v) is 4.69. The van der Waals surface area contributed by atoms with Crippen LogP contribution in [0.1, 0.15) is 31.2 Å². The van der Waals surface area contributed by atoms with E-state index in [0.717, 1.165) is 32.4 Å². The van der Waals surface area contributed by atoms with Crippen LogP contribution >= 0.6 is 0 Å². The number of hydrogen-bond acceptors (Lipinski definition) is 5. The van der Waals surface area contributed by atoms with Gasteiger partial charge in [-0.3, -0.25) is 0 Å². The van der Waals surface area contributed by atoms with Crippen molar-refractivity contribution < 1.29 is 4.42 Å². The molecule has 0 unspecified atom stereocenters. The summed E-state index contributed by atoms with van der Waals surface area (Å²) in [6.07, 6.45) is 3.18. The van der Waals surface area contributed by atoms with Gasteiger partial charge in [0, 0.05) is 6.54 Å². The monoisotopic (exact) mass is 274 g/mol. The lowest BCUT2D eigenvalue weighted by Gasteiger charge is -2.02. The third-order valence-corrected chi connectivity index (χ3v) is 2.93. The van der Waals surface area contributed by atoms with Crippen molar-refractivity contribution in [2.45, 2.75) is 32.7 Å². The first-order valence-electron chi connectivity index (χ1n) is 7.19. The highest BCUT2D eigenvalue weighted by Crippen LogP contribution is 2.06. The number of nitrogens with zero attached hydrogens (tertiary/aromatic N) is 2. The largest absolute Gasteiger partial charge is 0.407 e. The highest BCUT2D eigenvalue weighted by Gasteiger charge is 2.04. The average Bonchev–Trinajstić information content (AvgIpc) is 2.93. The molecule has 1 aromatic heterocycles. The molecule has 0 aliphatic rings. The third kappa shape index (κ3) is 5.01. The fraction of sp³-hybridized carbons (Fsp3) is 0.467. The van der Waals surface area contributed by atoms with Crippen LogP contribution in [0.25, 0.3) is 0 Å². The van der Waals surface area contributed by atoms with Crippen LogP contribution in [0.15, 0.2) is 34.7 Å². The van der Waals surface area contributed by atoms with E-state index in [9.17, 15) is 0 Å². The van der Waals surface area contributed by atoms with E-state index in [1.54, 1.807) is 0 Å². The molecule has 0 radical (unpaired) electrons. The highest BCUT2D eigenvalue weighted by molar-refractivity contribution is 5.18. The zero-order valence-electron chi connectivity index (χ0n) is 11.9. The molecule has 5 heteroatoms. The van der Waals surface area contributed by atoms with Crippen molar-refractivity contribution in [1.82, 2.24) is 15.5 Å². The zero-order chi connectivity index (χ0) is 14.0. The number of aromatic nitrogens is 2. The van der Waals surface area contributed by atoms with E-state index in [1.165, 1.54) is 5.56 Å². The van der Waals surface area contributed by atoms with E-state index in [-0.39, 0.29) is 0 Å². The summed E-state index contributed by atoms with van der Waals surface area (Å²) in [5, 5.41) is 14.3. The molecule has 0 saturated heterocycles. The van der Waals surface area contributed by atoms with Crippen molar-refractivity contribution in [3.63, 3.8) is 0 Å². The number of rotatable bonds is 9. The zero-order valence-corrected chi connectivity index (χ0v) is 11.9. The van der Waals surface area contributed by atoms with Crippen molar-refractivity contribution in [1.29, 1.82) is 0 Å². The molecule has 20 heavy (non-hydrogen) atoms. The molecule has 0 aliphatic heterocycles. The quantitative estimate of drug-likeness (QED) is 0.688. The Hall–Kier alpha value is -1.88. The van der Waals surface area contributed by atoms with Gasteiger partial charge >= 0.3 is 6.01 Å². The normalized spacial score (nSPS) is 10.7. The molecule has 0 atom stereocenters. The van der Waals surface area contributed by atoms with Gasteiger partial charge in [-0.2, -0.15) is 0 Å². The summed E-state index contributed by atoms with van der Waals surface area (Å²) in [6, 6.07) is 11.0. The molecule has 0 amide bonds. The summed E-state index contributed by atoms with van der Waals surface area (Å²) in [5.41, 5.74) is 1.35. The fourth-order valence-corrected chi connectivity index (χ4v) is 1.90. The van der Waals surface area contributed by atoms with Gasteiger partial charge in [-0.1, -0.05) is 42.4 Å². The summed E-state index contributed by atoms with van der Waals surface area (Å²) in [5.74, 6) is 0.629. The summed E-state index contributed by atoms with van der Waals surface area (Å²) in [6.45, 7) is 4.55. The van der Waals surface area contributed by atoms with Crippen LogP contribution in [-0.2, 0) is 13.0 Å². The molecule has 0 fully saturated rings. The van der Waals surface area contributed by atoms with Gasteiger partial charge in [0.25, 0.3) is 0 Å². The van der Waals surface area contributed by atoms with Crippen molar-refractivity contribution in [2.24, 2.45) is 0 Å². The van der Waals surface area contributed by atoms with E-state index in [0.29, 0.717) is 18.5 Å². The molecule has 0 saturated carbocycles. The molecule has 2 aromatic rings. The third-order valence-electron chi connectivity index (χ3n) is 2.93. The second kappa shape index (κ2) is 8.32. The number of nitrogens with one attached hydrogen (secondary N) is 2. The number of hydrogen-bond donors (Lipinski definition) is 2. The molecule has 0 aliphatic carbocycles. The number of aryl methyl sites for hydroxylation is 1. The van der Waals surface area contributed by atoms with Gasteiger partial charge in [0.15, 0.2) is 0 Å². The Morgan fingerprint density at radius 1 is 1.10 bits per heavy atom. The molecule has 0 spiro atoms. The molecule has 1 heterocycles. The first-order valence-corrected chi connectivity index (χ1v) is 7.19. The molecule has 0 bridgehead atoms. The van der Waals surface area contributed by atoms with Crippen LogP contribution in [0.2, 0.25) is 0 Å². The number of benzene rings is 1. The standard InChI is InChI=1S/C15H22N4O/c1-2-10-16-12-14-18-19-15(20-14)17-11-6-9-13-7-4-3-5-8-13/h3-5,7-8,16H,2,6,9-12H2,1H3,(H,17,19). The first kappa shape index (κ1) is 14.5. The second-order valence-electron chi connectivity index (χ2n) is 4.69. The Kier molecular flexibility index (Phi) is 6.05. The van der Waals surface area contributed by atoms with Gasteiger partial charge in [0.2, 0.25) is 5.89 Å². The maximum absolute atomic E-state index is 5.49. The van der Waals surface area contributed by atoms with Crippen LogP contribution in [0.3, 0.4) is 0 Å². The highest BCUT2D eigenvalue weighted by atomic mass is 16.4. The minimum absolute atomic E-state index is 0.506. The molecule has 2 N–H and O–H groups in total. The predicted octanol–water partition coefficient (Wildman–Crippen LogP) is 2.61. The molecule has 108 valence electrons. The maximum atomic E-state index is 5.49. The Morgan fingerprint density at radius 2 is 1.95 bits per heavy atom.